The van der Waals surface area contributed by atoms with Gasteiger partial charge in [-0.3, -0.25) is 14.5 Å². The summed E-state index contributed by atoms with van der Waals surface area (Å²) in [6.45, 7) is 6.44. The Morgan fingerprint density at radius 3 is 2.55 bits per heavy atom. The van der Waals surface area contributed by atoms with Gasteiger partial charge in [0.15, 0.2) is 0 Å². The predicted octanol–water partition coefficient (Wildman–Crippen LogP) is 5.79. The summed E-state index contributed by atoms with van der Waals surface area (Å²) in [6.07, 6.45) is 4.53. The lowest BCUT2D eigenvalue weighted by Gasteiger charge is -2.21. The smallest absolute Gasteiger partial charge is 0.267 e. The van der Waals surface area contributed by atoms with Crippen LogP contribution in [0.4, 0.5) is 0 Å². The quantitative estimate of drug-likeness (QED) is 0.418. The lowest BCUT2D eigenvalue weighted by atomic mass is 9.97. The third-order valence-electron chi connectivity index (χ3n) is 5.51. The Morgan fingerprint density at radius 1 is 1.10 bits per heavy atom. The first-order valence-electron chi connectivity index (χ1n) is 10.3. The molecule has 1 unspecified atom stereocenters. The number of aromatic nitrogens is 3. The number of amides is 1. The zero-order valence-corrected chi connectivity index (χ0v) is 18.6. The van der Waals surface area contributed by atoms with Crippen LogP contribution >= 0.6 is 11.6 Å². The number of hydrogen-bond acceptors (Lipinski definition) is 3. The minimum absolute atomic E-state index is 0.00930. The van der Waals surface area contributed by atoms with Crippen molar-refractivity contribution in [1.29, 1.82) is 0 Å². The lowest BCUT2D eigenvalue weighted by Crippen LogP contribution is -2.17. The van der Waals surface area contributed by atoms with Crippen LogP contribution in [0.15, 0.2) is 60.9 Å². The fourth-order valence-electron chi connectivity index (χ4n) is 3.99. The van der Waals surface area contributed by atoms with Crippen LogP contribution in [0.25, 0.3) is 22.0 Å². The van der Waals surface area contributed by atoms with Gasteiger partial charge in [0.1, 0.15) is 5.69 Å². The van der Waals surface area contributed by atoms with E-state index in [1.54, 1.807) is 12.3 Å². The largest absolute Gasteiger partial charge is 0.364 e. The van der Waals surface area contributed by atoms with Crippen molar-refractivity contribution in [2.75, 3.05) is 0 Å². The number of aryl methyl sites for hydroxylation is 1. The second-order valence-corrected chi connectivity index (χ2v) is 8.74. The predicted molar refractivity (Wildman–Crippen MR) is 125 cm³/mol. The molecule has 1 amide bonds. The molecule has 158 valence electrons. The number of halogens is 1. The van der Waals surface area contributed by atoms with Gasteiger partial charge in [0.2, 0.25) is 0 Å². The minimum Gasteiger partial charge on any atom is -0.364 e. The van der Waals surface area contributed by atoms with E-state index in [2.05, 4.69) is 54.7 Å². The zero-order valence-electron chi connectivity index (χ0n) is 17.8. The van der Waals surface area contributed by atoms with Gasteiger partial charge < -0.3 is 5.73 Å². The highest BCUT2D eigenvalue weighted by Crippen LogP contribution is 2.32. The molecule has 2 N–H and O–H groups in total. The Morgan fingerprint density at radius 2 is 1.90 bits per heavy atom. The number of hydrogen-bond donors (Lipinski definition) is 1. The van der Waals surface area contributed by atoms with Gasteiger partial charge in [0.25, 0.3) is 5.91 Å². The second kappa shape index (κ2) is 8.52. The Balaban J connectivity index is 1.76. The molecule has 0 radical (unpaired) electrons. The number of carbonyl (C=O) groups excluding carboxylic acids is 1. The molecule has 0 spiro atoms. The van der Waals surface area contributed by atoms with Gasteiger partial charge in [-0.2, -0.15) is 5.10 Å². The van der Waals surface area contributed by atoms with E-state index in [9.17, 15) is 4.79 Å². The van der Waals surface area contributed by atoms with E-state index in [1.807, 2.05) is 24.4 Å². The van der Waals surface area contributed by atoms with Crippen LogP contribution in [-0.2, 0) is 0 Å². The Bertz CT molecular complexity index is 1240. The zero-order chi connectivity index (χ0) is 22.1. The highest BCUT2D eigenvalue weighted by molar-refractivity contribution is 6.30. The van der Waals surface area contributed by atoms with Crippen LogP contribution in [0.1, 0.15) is 47.9 Å². The normalized spacial score (nSPS) is 12.4. The Hall–Kier alpha value is -3.18. The molecule has 5 nitrogen and oxygen atoms in total. The summed E-state index contributed by atoms with van der Waals surface area (Å²) in [4.78, 5) is 15.6. The average Bonchev–Trinajstić information content (AvgIpc) is 3.15. The molecule has 0 aliphatic carbocycles. The van der Waals surface area contributed by atoms with E-state index < -0.39 is 5.91 Å². The van der Waals surface area contributed by atoms with Crippen molar-refractivity contribution in [1.82, 2.24) is 14.8 Å². The molecule has 0 aliphatic rings. The first-order valence-corrected chi connectivity index (χ1v) is 10.7. The van der Waals surface area contributed by atoms with Gasteiger partial charge in [-0.15, -0.1) is 0 Å². The van der Waals surface area contributed by atoms with Crippen LogP contribution < -0.4 is 5.73 Å². The van der Waals surface area contributed by atoms with Gasteiger partial charge in [0, 0.05) is 16.6 Å². The highest BCUT2D eigenvalue weighted by atomic mass is 35.5. The molecule has 2 heterocycles. The fourth-order valence-corrected chi connectivity index (χ4v) is 4.22. The third-order valence-corrected chi connectivity index (χ3v) is 5.74. The highest BCUT2D eigenvalue weighted by Gasteiger charge is 2.20. The van der Waals surface area contributed by atoms with E-state index >= 15 is 0 Å². The van der Waals surface area contributed by atoms with Crippen LogP contribution in [0.3, 0.4) is 0 Å². The average molecular weight is 433 g/mol. The first kappa shape index (κ1) is 21.1. The van der Waals surface area contributed by atoms with Crippen molar-refractivity contribution in [3.63, 3.8) is 0 Å². The third kappa shape index (κ3) is 4.32. The maximum atomic E-state index is 11.4. The summed E-state index contributed by atoms with van der Waals surface area (Å²) in [7, 11) is 0. The number of fused-ring (bicyclic) bond motifs is 1. The minimum atomic E-state index is -0.526. The molecule has 2 aromatic carbocycles. The molecule has 0 fully saturated rings. The maximum absolute atomic E-state index is 11.4. The van der Waals surface area contributed by atoms with E-state index in [-0.39, 0.29) is 11.7 Å². The second-order valence-electron chi connectivity index (χ2n) is 8.31. The van der Waals surface area contributed by atoms with Crippen molar-refractivity contribution in [2.45, 2.75) is 33.2 Å². The molecule has 1 atom stereocenters. The molecule has 0 bridgehead atoms. The molecule has 31 heavy (non-hydrogen) atoms. The number of pyridine rings is 1. The van der Waals surface area contributed by atoms with Gasteiger partial charge in [-0.05, 0) is 71.8 Å². The first-order chi connectivity index (χ1) is 14.8. The van der Waals surface area contributed by atoms with Crippen molar-refractivity contribution < 1.29 is 4.79 Å². The SMILES string of the molecule is Cc1cc(Cl)ccc1-c1ccc2c(cnn2C(CC(C)C)c2ccc(C(N)=O)nc2)c1. The molecular weight excluding hydrogens is 408 g/mol. The van der Waals surface area contributed by atoms with Crippen LogP contribution in [0.5, 0.6) is 0 Å². The summed E-state index contributed by atoms with van der Waals surface area (Å²) >= 11 is 6.12. The van der Waals surface area contributed by atoms with E-state index in [0.29, 0.717) is 5.92 Å². The van der Waals surface area contributed by atoms with Crippen molar-refractivity contribution in [3.05, 3.63) is 82.8 Å². The number of carbonyl (C=O) groups is 1. The molecule has 6 heteroatoms. The Kier molecular flexibility index (Phi) is 5.79. The summed E-state index contributed by atoms with van der Waals surface area (Å²) in [5, 5.41) is 6.54. The summed E-state index contributed by atoms with van der Waals surface area (Å²) in [5.41, 5.74) is 11.1. The van der Waals surface area contributed by atoms with Gasteiger partial charge in [0.05, 0.1) is 17.8 Å². The Labute approximate surface area is 186 Å². The summed E-state index contributed by atoms with van der Waals surface area (Å²) in [6, 6.07) is 16.0. The van der Waals surface area contributed by atoms with Crippen molar-refractivity contribution >= 4 is 28.4 Å². The van der Waals surface area contributed by atoms with Gasteiger partial charge in [-0.1, -0.05) is 43.6 Å². The molecule has 0 saturated carbocycles. The van der Waals surface area contributed by atoms with E-state index in [1.165, 1.54) is 0 Å². The topological polar surface area (TPSA) is 73.8 Å². The fraction of sp³-hybridized carbons (Fsp3) is 0.240. The number of nitrogens with zero attached hydrogens (tertiary/aromatic N) is 3. The van der Waals surface area contributed by atoms with E-state index in [0.717, 1.165) is 44.6 Å². The monoisotopic (exact) mass is 432 g/mol. The number of rotatable bonds is 6. The molecule has 4 aromatic rings. The summed E-state index contributed by atoms with van der Waals surface area (Å²) in [5.74, 6) is -0.0717. The van der Waals surface area contributed by atoms with Crippen molar-refractivity contribution in [2.24, 2.45) is 11.7 Å². The van der Waals surface area contributed by atoms with Crippen molar-refractivity contribution in [3.8, 4) is 11.1 Å². The molecule has 0 saturated heterocycles. The molecule has 4 rings (SSSR count). The van der Waals surface area contributed by atoms with Crippen LogP contribution in [0, 0.1) is 12.8 Å². The lowest BCUT2D eigenvalue weighted by molar-refractivity contribution is 0.0995. The molecular formula is C25H25ClN4O. The maximum Gasteiger partial charge on any atom is 0.267 e. The standard InChI is InChI=1S/C25H25ClN4O/c1-15(2)10-24(18-4-8-22(25(27)31)28-13-18)30-23-9-5-17(12-19(23)14-29-30)21-7-6-20(26)11-16(21)3/h4-9,11-15,24H,10H2,1-3H3,(H2,27,31). The van der Waals surface area contributed by atoms with Gasteiger partial charge in [-0.25, -0.2) is 0 Å². The number of primary amides is 1. The number of benzene rings is 2. The van der Waals surface area contributed by atoms with E-state index in [4.69, 9.17) is 22.4 Å². The van der Waals surface area contributed by atoms with Crippen LogP contribution in [0.2, 0.25) is 5.02 Å². The van der Waals surface area contributed by atoms with Gasteiger partial charge >= 0.3 is 0 Å². The summed E-state index contributed by atoms with van der Waals surface area (Å²) < 4.78 is 2.05. The number of nitrogens with two attached hydrogens (primary N) is 1. The molecule has 2 aromatic heterocycles. The van der Waals surface area contributed by atoms with Crippen LogP contribution in [-0.4, -0.2) is 20.7 Å². The molecule has 0 aliphatic heterocycles.